The summed E-state index contributed by atoms with van der Waals surface area (Å²) in [7, 11) is 1.33. The van der Waals surface area contributed by atoms with Crippen molar-refractivity contribution >= 4 is 17.6 Å². The van der Waals surface area contributed by atoms with E-state index in [4.69, 9.17) is 9.47 Å². The summed E-state index contributed by atoms with van der Waals surface area (Å²) in [5, 5.41) is 14.4. The fraction of sp³-hybridized carbons (Fsp3) is 0.360. The van der Waals surface area contributed by atoms with E-state index in [0.717, 1.165) is 18.5 Å². The largest absolute Gasteiger partial charge is 0.708 e. The maximum Gasteiger partial charge on any atom is 0.299 e. The zero-order chi connectivity index (χ0) is 28.3. The van der Waals surface area contributed by atoms with E-state index in [9.17, 15) is 23.6 Å². The van der Waals surface area contributed by atoms with Crippen LogP contribution in [0.15, 0.2) is 43.0 Å². The Kier molecular flexibility index (Phi) is 7.85. The van der Waals surface area contributed by atoms with Gasteiger partial charge in [-0.05, 0) is 37.9 Å². The van der Waals surface area contributed by atoms with E-state index in [-0.39, 0.29) is 40.8 Å². The van der Waals surface area contributed by atoms with Gasteiger partial charge in [0.15, 0.2) is 17.4 Å². The summed E-state index contributed by atoms with van der Waals surface area (Å²) in [5.41, 5.74) is -0.573. The van der Waals surface area contributed by atoms with Crippen LogP contribution < -0.4 is 19.5 Å². The summed E-state index contributed by atoms with van der Waals surface area (Å²) in [5.74, 6) is -2.45. The third-order valence-corrected chi connectivity index (χ3v) is 6.30. The summed E-state index contributed by atoms with van der Waals surface area (Å²) in [6, 6.07) is 3.60. The van der Waals surface area contributed by atoms with Crippen molar-refractivity contribution in [2.75, 3.05) is 32.1 Å². The van der Waals surface area contributed by atoms with Gasteiger partial charge in [0.25, 0.3) is 18.1 Å². The average Bonchev–Trinajstić information content (AvgIpc) is 2.90. The Balaban J connectivity index is 1.36. The van der Waals surface area contributed by atoms with Gasteiger partial charge in [-0.2, -0.15) is 0 Å². The number of anilines is 1. The smallest absolute Gasteiger partial charge is 0.299 e. The van der Waals surface area contributed by atoms with Gasteiger partial charge in [0.05, 0.1) is 37.2 Å². The van der Waals surface area contributed by atoms with Crippen LogP contribution in [0.2, 0.25) is 0 Å². The van der Waals surface area contributed by atoms with Crippen LogP contribution in [0.5, 0.6) is 17.5 Å². The van der Waals surface area contributed by atoms with E-state index in [1.807, 2.05) is 18.7 Å². The van der Waals surface area contributed by atoms with Gasteiger partial charge in [-0.25, -0.2) is 23.5 Å². The van der Waals surface area contributed by atoms with Crippen molar-refractivity contribution in [3.8, 4) is 17.5 Å². The summed E-state index contributed by atoms with van der Waals surface area (Å²) in [4.78, 5) is 41.7. The van der Waals surface area contributed by atoms with Crippen LogP contribution in [0, 0.1) is 16.8 Å². The molecule has 14 heteroatoms. The van der Waals surface area contributed by atoms with Crippen LogP contribution in [-0.4, -0.2) is 74.9 Å². The van der Waals surface area contributed by atoms with Crippen molar-refractivity contribution in [3.05, 3.63) is 65.5 Å². The van der Waals surface area contributed by atoms with E-state index in [2.05, 4.69) is 20.3 Å². The molecule has 2 amide bonds. The lowest BCUT2D eigenvalue weighted by atomic mass is 9.96. The van der Waals surface area contributed by atoms with Crippen LogP contribution in [-0.2, 0) is 4.79 Å². The quantitative estimate of drug-likeness (QED) is 0.351. The summed E-state index contributed by atoms with van der Waals surface area (Å²) in [6.07, 6.45) is 3.44. The molecule has 1 atom stereocenters. The molecule has 0 aliphatic carbocycles. The molecule has 1 aliphatic heterocycles. The average molecular weight is 544 g/mol. The van der Waals surface area contributed by atoms with E-state index in [1.165, 1.54) is 25.6 Å². The van der Waals surface area contributed by atoms with Crippen molar-refractivity contribution in [2.45, 2.75) is 32.4 Å². The Morgan fingerprint density at radius 1 is 1.15 bits per heavy atom. The number of amides is 2. The number of ether oxygens (including phenoxy) is 2. The lowest BCUT2D eigenvalue weighted by Crippen LogP contribution is -2.63. The number of piperazine rings is 1. The van der Waals surface area contributed by atoms with E-state index < -0.39 is 23.2 Å². The zero-order valence-corrected chi connectivity index (χ0v) is 21.7. The first-order valence-electron chi connectivity index (χ1n) is 11.9. The molecule has 3 aromatic rings. The zero-order valence-electron chi connectivity index (χ0n) is 21.7. The number of aromatic nitrogens is 4. The Labute approximate surface area is 222 Å². The lowest BCUT2D eigenvalue weighted by molar-refractivity contribution is -0.615. The second kappa shape index (κ2) is 11.1. The molecule has 1 aliphatic rings. The number of hydrogen-bond acceptors (Lipinski definition) is 9. The van der Waals surface area contributed by atoms with Gasteiger partial charge in [-0.1, -0.05) is 0 Å². The molecule has 0 spiro atoms. The number of nitrogens with one attached hydrogen (secondary N) is 1. The molecular weight excluding hydrogens is 516 g/mol. The normalized spacial score (nSPS) is 15.9. The highest BCUT2D eigenvalue weighted by Crippen LogP contribution is 2.26. The number of nitrogens with zero attached hydrogens (tertiary/aromatic N) is 6. The number of halogens is 2. The number of carbonyl (C=O) groups is 2. The first-order chi connectivity index (χ1) is 18.5. The number of benzene rings is 1. The summed E-state index contributed by atoms with van der Waals surface area (Å²) in [6.45, 7) is 6.62. The maximum atomic E-state index is 13.8. The Bertz CT molecular complexity index is 1370. The van der Waals surface area contributed by atoms with Crippen LogP contribution in [0.3, 0.4) is 0 Å². The van der Waals surface area contributed by atoms with Gasteiger partial charge in [0.2, 0.25) is 17.5 Å². The van der Waals surface area contributed by atoms with Crippen molar-refractivity contribution in [1.29, 1.82) is 0 Å². The second-order valence-corrected chi connectivity index (χ2v) is 9.46. The number of hydrogen-bond donors (Lipinski definition) is 1. The minimum absolute atomic E-state index is 0.0373. The minimum Gasteiger partial charge on any atom is -0.708 e. The molecule has 12 nitrogen and oxygen atoms in total. The SMILES string of the molecule is COc1cc(C(=O)N2CCN(C(C)C(=O)Nc3cnc(Oc4ccc(F)cc4F)cn3)CC2(C)C)nc[n+]1[O-]. The van der Waals surface area contributed by atoms with Crippen LogP contribution in [0.1, 0.15) is 31.3 Å². The molecule has 1 unspecified atom stereocenters. The molecule has 39 heavy (non-hydrogen) atoms. The Hall–Kier alpha value is -4.46. The fourth-order valence-electron chi connectivity index (χ4n) is 4.19. The van der Waals surface area contributed by atoms with Gasteiger partial charge in [-0.3, -0.25) is 14.5 Å². The van der Waals surface area contributed by atoms with Crippen LogP contribution in [0.25, 0.3) is 0 Å². The minimum atomic E-state index is -0.886. The van der Waals surface area contributed by atoms with Gasteiger partial charge >= 0.3 is 0 Å². The van der Waals surface area contributed by atoms with Crippen molar-refractivity contribution in [2.24, 2.45) is 0 Å². The molecule has 1 N–H and O–H groups in total. The molecule has 2 aromatic heterocycles. The highest BCUT2D eigenvalue weighted by molar-refractivity contribution is 5.94. The molecule has 0 bridgehead atoms. The predicted molar refractivity (Wildman–Crippen MR) is 133 cm³/mol. The highest BCUT2D eigenvalue weighted by Gasteiger charge is 2.41. The molecule has 0 radical (unpaired) electrons. The predicted octanol–water partition coefficient (Wildman–Crippen LogP) is 2.15. The van der Waals surface area contributed by atoms with Gasteiger partial charge in [-0.15, -0.1) is 0 Å². The van der Waals surface area contributed by atoms with E-state index in [0.29, 0.717) is 30.4 Å². The summed E-state index contributed by atoms with van der Waals surface area (Å²) < 4.78 is 37.5. The topological polar surface area (TPSA) is 137 Å². The van der Waals surface area contributed by atoms with Gasteiger partial charge in [0, 0.05) is 25.7 Å². The second-order valence-electron chi connectivity index (χ2n) is 9.46. The Morgan fingerprint density at radius 3 is 2.56 bits per heavy atom. The number of rotatable bonds is 7. The maximum absolute atomic E-state index is 13.8. The van der Waals surface area contributed by atoms with Crippen LogP contribution in [0.4, 0.5) is 14.6 Å². The monoisotopic (exact) mass is 543 g/mol. The van der Waals surface area contributed by atoms with E-state index >= 15 is 0 Å². The number of methoxy groups -OCH3 is 1. The standard InChI is InChI=1S/C25H27F2N7O5/c1-15(23(35)31-20-11-29-21(12-28-20)39-19-6-5-16(26)9-17(19)27)32-7-8-33(25(2,3)13-32)24(36)18-10-22(38-4)34(37)14-30-18/h5-6,9-12,14-15H,7-8,13H2,1-4H3,(H,28,31,35). The summed E-state index contributed by atoms with van der Waals surface area (Å²) >= 11 is 0. The molecule has 206 valence electrons. The fourth-order valence-corrected chi connectivity index (χ4v) is 4.19. The molecule has 1 fully saturated rings. The molecule has 3 heterocycles. The van der Waals surface area contributed by atoms with E-state index in [1.54, 1.807) is 11.8 Å². The van der Waals surface area contributed by atoms with Crippen molar-refractivity contribution in [1.82, 2.24) is 24.8 Å². The molecular formula is C25H27F2N7O5. The first-order valence-corrected chi connectivity index (χ1v) is 11.9. The molecule has 4 rings (SSSR count). The third kappa shape index (κ3) is 6.17. The lowest BCUT2D eigenvalue weighted by Gasteiger charge is -2.48. The number of carbonyl (C=O) groups excluding carboxylic acids is 2. The third-order valence-electron chi connectivity index (χ3n) is 6.30. The first kappa shape index (κ1) is 27.6. The van der Waals surface area contributed by atoms with Gasteiger partial charge in [0.1, 0.15) is 5.82 Å². The molecule has 0 saturated carbocycles. The van der Waals surface area contributed by atoms with Gasteiger partial charge < -0.3 is 24.9 Å². The highest BCUT2D eigenvalue weighted by atomic mass is 19.1. The van der Waals surface area contributed by atoms with Crippen molar-refractivity contribution < 1.29 is 32.6 Å². The molecule has 1 saturated heterocycles. The van der Waals surface area contributed by atoms with Crippen molar-refractivity contribution in [3.63, 3.8) is 0 Å². The molecule has 1 aromatic carbocycles. The Morgan fingerprint density at radius 2 is 1.92 bits per heavy atom. The van der Waals surface area contributed by atoms with Crippen LogP contribution >= 0.6 is 0 Å².